The SMILES string of the molecule is NC(=O)CNC(=O)[C@@H](CC(N)=O)NC(=O)Cc1cc(=O)oc2cc(O)ccc12. The van der Waals surface area contributed by atoms with Crippen LogP contribution in [0.25, 0.3) is 11.0 Å². The van der Waals surface area contributed by atoms with Crippen LogP contribution >= 0.6 is 0 Å². The number of carbonyl (C=O) groups excluding carboxylic acids is 4. The van der Waals surface area contributed by atoms with Gasteiger partial charge in [0.05, 0.1) is 19.4 Å². The standard InChI is InChI=1S/C17H18N4O7/c18-13(23)6-11(17(27)20-7-14(19)24)21-15(25)3-8-4-16(26)28-12-5-9(22)1-2-10(8)12/h1-2,4-5,11,22H,3,6-7H2,(H2,18,23)(H2,19,24)(H,20,27)(H,21,25)/t11-/m1/s1. The highest BCUT2D eigenvalue weighted by Crippen LogP contribution is 2.22. The van der Waals surface area contributed by atoms with Crippen LogP contribution in [0.15, 0.2) is 33.5 Å². The van der Waals surface area contributed by atoms with Crippen LogP contribution in [0.5, 0.6) is 5.75 Å². The van der Waals surface area contributed by atoms with Crippen LogP contribution in [0, 0.1) is 0 Å². The minimum absolute atomic E-state index is 0.0863. The third kappa shape index (κ3) is 5.56. The lowest BCUT2D eigenvalue weighted by atomic mass is 10.1. The number of phenols is 1. The highest BCUT2D eigenvalue weighted by molar-refractivity contribution is 5.94. The van der Waals surface area contributed by atoms with E-state index in [9.17, 15) is 29.1 Å². The number of carbonyl (C=O) groups is 4. The molecule has 2 aromatic rings. The van der Waals surface area contributed by atoms with Crippen molar-refractivity contribution in [3.05, 3.63) is 40.2 Å². The molecule has 1 aromatic heterocycles. The summed E-state index contributed by atoms with van der Waals surface area (Å²) in [5.74, 6) is -3.26. The lowest BCUT2D eigenvalue weighted by molar-refractivity contribution is -0.131. The molecule has 4 amide bonds. The molecule has 1 aromatic carbocycles. The van der Waals surface area contributed by atoms with Crippen LogP contribution in [-0.4, -0.2) is 41.3 Å². The summed E-state index contributed by atoms with van der Waals surface area (Å²) >= 11 is 0. The van der Waals surface area contributed by atoms with E-state index in [1.165, 1.54) is 18.2 Å². The van der Waals surface area contributed by atoms with Crippen molar-refractivity contribution in [2.24, 2.45) is 11.5 Å². The number of nitrogens with one attached hydrogen (secondary N) is 2. The molecular weight excluding hydrogens is 372 g/mol. The fourth-order valence-electron chi connectivity index (χ4n) is 2.49. The largest absolute Gasteiger partial charge is 0.508 e. The van der Waals surface area contributed by atoms with E-state index in [-0.39, 0.29) is 17.8 Å². The van der Waals surface area contributed by atoms with Gasteiger partial charge >= 0.3 is 5.63 Å². The number of hydrogen-bond acceptors (Lipinski definition) is 7. The van der Waals surface area contributed by atoms with Crippen LogP contribution in [0.3, 0.4) is 0 Å². The molecule has 0 aliphatic carbocycles. The predicted molar refractivity (Wildman–Crippen MR) is 95.8 cm³/mol. The van der Waals surface area contributed by atoms with E-state index >= 15 is 0 Å². The fraction of sp³-hybridized carbons (Fsp3) is 0.235. The zero-order valence-electron chi connectivity index (χ0n) is 14.6. The van der Waals surface area contributed by atoms with E-state index < -0.39 is 48.3 Å². The van der Waals surface area contributed by atoms with Crippen LogP contribution in [0.1, 0.15) is 12.0 Å². The van der Waals surface area contributed by atoms with Crippen LogP contribution in [-0.2, 0) is 25.6 Å². The van der Waals surface area contributed by atoms with Gasteiger partial charge in [0.15, 0.2) is 0 Å². The van der Waals surface area contributed by atoms with Gasteiger partial charge < -0.3 is 31.6 Å². The van der Waals surface area contributed by atoms with Gasteiger partial charge in [0.25, 0.3) is 0 Å². The van der Waals surface area contributed by atoms with Gasteiger partial charge in [-0.2, -0.15) is 0 Å². The van der Waals surface area contributed by atoms with Crippen LogP contribution in [0.2, 0.25) is 0 Å². The van der Waals surface area contributed by atoms with Gasteiger partial charge in [-0.1, -0.05) is 0 Å². The van der Waals surface area contributed by atoms with E-state index in [1.54, 1.807) is 0 Å². The quantitative estimate of drug-likeness (QED) is 0.321. The van der Waals surface area contributed by atoms with Gasteiger partial charge in [-0.3, -0.25) is 19.2 Å². The van der Waals surface area contributed by atoms with Crippen molar-refractivity contribution in [1.29, 1.82) is 0 Å². The van der Waals surface area contributed by atoms with Gasteiger partial charge in [0.2, 0.25) is 23.6 Å². The zero-order valence-corrected chi connectivity index (χ0v) is 14.6. The molecule has 148 valence electrons. The molecule has 0 fully saturated rings. The fourth-order valence-corrected chi connectivity index (χ4v) is 2.49. The molecule has 0 saturated heterocycles. The van der Waals surface area contributed by atoms with Gasteiger partial charge in [0.1, 0.15) is 17.4 Å². The highest BCUT2D eigenvalue weighted by Gasteiger charge is 2.23. The van der Waals surface area contributed by atoms with Crippen molar-refractivity contribution in [3.63, 3.8) is 0 Å². The molecule has 7 N–H and O–H groups in total. The number of fused-ring (bicyclic) bond motifs is 1. The number of nitrogens with two attached hydrogens (primary N) is 2. The van der Waals surface area contributed by atoms with Gasteiger partial charge in [-0.25, -0.2) is 4.79 Å². The molecule has 11 heteroatoms. The first-order valence-corrected chi connectivity index (χ1v) is 8.05. The second kappa shape index (κ2) is 8.66. The first-order valence-electron chi connectivity index (χ1n) is 8.05. The Morgan fingerprint density at radius 1 is 1.11 bits per heavy atom. The molecule has 1 atom stereocenters. The molecule has 0 saturated carbocycles. The monoisotopic (exact) mass is 390 g/mol. The van der Waals surface area contributed by atoms with E-state index in [2.05, 4.69) is 10.6 Å². The van der Waals surface area contributed by atoms with Gasteiger partial charge in [-0.05, 0) is 17.7 Å². The Hall–Kier alpha value is -3.89. The summed E-state index contributed by atoms with van der Waals surface area (Å²) in [6, 6.07) is 3.84. The molecule has 28 heavy (non-hydrogen) atoms. The number of rotatable bonds is 8. The van der Waals surface area contributed by atoms with Crippen LogP contribution < -0.4 is 27.7 Å². The van der Waals surface area contributed by atoms with Crippen molar-refractivity contribution in [1.82, 2.24) is 10.6 Å². The summed E-state index contributed by atoms with van der Waals surface area (Å²) < 4.78 is 4.97. The summed E-state index contributed by atoms with van der Waals surface area (Å²) in [6.45, 7) is -0.474. The molecule has 1 heterocycles. The first-order chi connectivity index (χ1) is 13.2. The van der Waals surface area contributed by atoms with Crippen molar-refractivity contribution < 1.29 is 28.7 Å². The van der Waals surface area contributed by atoms with E-state index in [0.717, 1.165) is 6.07 Å². The Bertz CT molecular complexity index is 999. The van der Waals surface area contributed by atoms with E-state index in [0.29, 0.717) is 10.9 Å². The molecule has 0 aliphatic rings. The number of amides is 4. The molecule has 0 radical (unpaired) electrons. The van der Waals surface area contributed by atoms with Gasteiger partial charge in [0, 0.05) is 17.5 Å². The Balaban J connectivity index is 2.19. The van der Waals surface area contributed by atoms with Gasteiger partial charge in [-0.15, -0.1) is 0 Å². The first kappa shape index (κ1) is 20.4. The number of primary amides is 2. The molecule has 0 spiro atoms. The Labute approximate surface area is 157 Å². The highest BCUT2D eigenvalue weighted by atomic mass is 16.4. The second-order valence-corrected chi connectivity index (χ2v) is 5.92. The van der Waals surface area contributed by atoms with Crippen molar-refractivity contribution in [2.75, 3.05) is 6.54 Å². The van der Waals surface area contributed by atoms with Crippen molar-refractivity contribution in [3.8, 4) is 5.75 Å². The maximum absolute atomic E-state index is 12.4. The lowest BCUT2D eigenvalue weighted by Gasteiger charge is -2.17. The smallest absolute Gasteiger partial charge is 0.336 e. The molecule has 0 unspecified atom stereocenters. The summed E-state index contributed by atoms with van der Waals surface area (Å²) in [6.07, 6.45) is -0.812. The number of hydrogen-bond donors (Lipinski definition) is 5. The maximum Gasteiger partial charge on any atom is 0.336 e. The summed E-state index contributed by atoms with van der Waals surface area (Å²) in [4.78, 5) is 58.0. The average Bonchev–Trinajstić information content (AvgIpc) is 2.57. The molecule has 2 rings (SSSR count). The molecule has 11 nitrogen and oxygen atoms in total. The molecular formula is C17H18N4O7. The Morgan fingerprint density at radius 3 is 2.46 bits per heavy atom. The third-order valence-electron chi connectivity index (χ3n) is 3.66. The summed E-state index contributed by atoms with van der Waals surface area (Å²) in [5.41, 5.74) is 9.67. The maximum atomic E-state index is 12.4. The number of phenolic OH excluding ortho intramolecular Hbond substituents is 1. The predicted octanol–water partition coefficient (Wildman–Crippen LogP) is -2.00. The molecule has 0 bridgehead atoms. The minimum Gasteiger partial charge on any atom is -0.508 e. The average molecular weight is 390 g/mol. The summed E-state index contributed by atoms with van der Waals surface area (Å²) in [7, 11) is 0. The lowest BCUT2D eigenvalue weighted by Crippen LogP contribution is -2.50. The number of aromatic hydroxyl groups is 1. The van der Waals surface area contributed by atoms with E-state index in [4.69, 9.17) is 15.9 Å². The Morgan fingerprint density at radius 2 is 1.82 bits per heavy atom. The summed E-state index contributed by atoms with van der Waals surface area (Å²) in [5, 5.41) is 14.4. The van der Waals surface area contributed by atoms with E-state index in [1.807, 2.05) is 0 Å². The third-order valence-corrected chi connectivity index (χ3v) is 3.66. The van der Waals surface area contributed by atoms with Crippen LogP contribution in [0.4, 0.5) is 0 Å². The number of benzene rings is 1. The van der Waals surface area contributed by atoms with Crippen molar-refractivity contribution in [2.45, 2.75) is 18.9 Å². The second-order valence-electron chi connectivity index (χ2n) is 5.92. The Kier molecular flexibility index (Phi) is 6.32. The van der Waals surface area contributed by atoms with Crippen molar-refractivity contribution >= 4 is 34.6 Å². The minimum atomic E-state index is -1.32. The topological polar surface area (TPSA) is 195 Å². The molecule has 0 aliphatic heterocycles. The zero-order chi connectivity index (χ0) is 20.8. The normalized spacial score (nSPS) is 11.6.